The van der Waals surface area contributed by atoms with E-state index in [1.165, 1.54) is 0 Å². The van der Waals surface area contributed by atoms with E-state index < -0.39 is 0 Å². The fraction of sp³-hybridized carbons (Fsp3) is 0.385. The Morgan fingerprint density at radius 1 is 1.31 bits per heavy atom. The molecule has 3 heteroatoms. The Hall–Kier alpha value is -1.48. The van der Waals surface area contributed by atoms with E-state index in [4.69, 9.17) is 14.9 Å². The summed E-state index contributed by atoms with van der Waals surface area (Å²) in [5.41, 5.74) is 8.03. The zero-order chi connectivity index (χ0) is 11.3. The molecule has 1 aliphatic carbocycles. The highest BCUT2D eigenvalue weighted by Gasteiger charge is 2.40. The average Bonchev–Trinajstić information content (AvgIpc) is 2.89. The third-order valence-electron chi connectivity index (χ3n) is 3.29. The van der Waals surface area contributed by atoms with Crippen LogP contribution < -0.4 is 10.5 Å². The minimum atomic E-state index is -0.132. The molecule has 0 bridgehead atoms. The number of fused-ring (bicyclic) bond motifs is 1. The van der Waals surface area contributed by atoms with Crippen LogP contribution in [0.25, 0.3) is 11.0 Å². The van der Waals surface area contributed by atoms with Gasteiger partial charge in [-0.3, -0.25) is 0 Å². The van der Waals surface area contributed by atoms with E-state index in [-0.39, 0.29) is 5.54 Å². The van der Waals surface area contributed by atoms with E-state index >= 15 is 0 Å². The molecular formula is C13H15NO2. The summed E-state index contributed by atoms with van der Waals surface area (Å²) in [5, 5.41) is 1.07. The Balaban J connectivity index is 2.25. The van der Waals surface area contributed by atoms with Crippen LogP contribution in [0.3, 0.4) is 0 Å². The lowest BCUT2D eigenvalue weighted by molar-refractivity contribution is 0.407. The third-order valence-corrected chi connectivity index (χ3v) is 3.29. The molecular weight excluding hydrogens is 202 g/mol. The van der Waals surface area contributed by atoms with Crippen molar-refractivity contribution in [3.8, 4) is 5.75 Å². The van der Waals surface area contributed by atoms with Crippen LogP contribution in [0.5, 0.6) is 5.75 Å². The highest BCUT2D eigenvalue weighted by atomic mass is 16.5. The summed E-state index contributed by atoms with van der Waals surface area (Å²) in [6.07, 6.45) is 2.11. The molecule has 1 heterocycles. The number of ether oxygens (including phenoxy) is 1. The van der Waals surface area contributed by atoms with E-state index in [9.17, 15) is 0 Å². The quantitative estimate of drug-likeness (QED) is 0.841. The van der Waals surface area contributed by atoms with Gasteiger partial charge >= 0.3 is 0 Å². The van der Waals surface area contributed by atoms with E-state index in [1.807, 2.05) is 19.1 Å². The maximum atomic E-state index is 6.20. The molecule has 1 aromatic carbocycles. The molecule has 0 atom stereocenters. The topological polar surface area (TPSA) is 48.4 Å². The fourth-order valence-electron chi connectivity index (χ4n) is 2.11. The van der Waals surface area contributed by atoms with Gasteiger partial charge in [0.15, 0.2) is 11.3 Å². The van der Waals surface area contributed by atoms with E-state index in [0.717, 1.165) is 40.9 Å². The smallest absolute Gasteiger partial charge is 0.176 e. The molecule has 1 aromatic heterocycles. The number of methoxy groups -OCH3 is 1. The van der Waals surface area contributed by atoms with Gasteiger partial charge in [-0.1, -0.05) is 0 Å². The molecule has 0 unspecified atom stereocenters. The maximum absolute atomic E-state index is 6.20. The predicted octanol–water partition coefficient (Wildman–Crippen LogP) is 2.70. The number of nitrogens with two attached hydrogens (primary N) is 1. The van der Waals surface area contributed by atoms with Crippen molar-refractivity contribution in [3.05, 3.63) is 29.5 Å². The molecule has 0 saturated heterocycles. The monoisotopic (exact) mass is 217 g/mol. The van der Waals surface area contributed by atoms with Crippen LogP contribution in [0.4, 0.5) is 0 Å². The molecule has 0 aliphatic heterocycles. The van der Waals surface area contributed by atoms with Gasteiger partial charge in [0.05, 0.1) is 7.11 Å². The zero-order valence-corrected chi connectivity index (χ0v) is 9.54. The van der Waals surface area contributed by atoms with Crippen LogP contribution in [-0.2, 0) is 5.54 Å². The molecule has 1 saturated carbocycles. The number of rotatable bonds is 2. The Bertz CT molecular complexity index is 552. The molecule has 1 fully saturated rings. The van der Waals surface area contributed by atoms with Crippen molar-refractivity contribution in [2.45, 2.75) is 25.3 Å². The first-order valence-corrected chi connectivity index (χ1v) is 5.50. The summed E-state index contributed by atoms with van der Waals surface area (Å²) in [4.78, 5) is 0. The van der Waals surface area contributed by atoms with Crippen molar-refractivity contribution in [2.75, 3.05) is 7.11 Å². The maximum Gasteiger partial charge on any atom is 0.176 e. The molecule has 0 radical (unpaired) electrons. The van der Waals surface area contributed by atoms with Crippen LogP contribution in [0.1, 0.15) is 24.2 Å². The number of aryl methyl sites for hydroxylation is 1. The predicted molar refractivity (Wildman–Crippen MR) is 62.6 cm³/mol. The Labute approximate surface area is 94.2 Å². The molecule has 0 spiro atoms. The van der Waals surface area contributed by atoms with Crippen LogP contribution >= 0.6 is 0 Å². The third kappa shape index (κ3) is 1.32. The van der Waals surface area contributed by atoms with Gasteiger partial charge in [0, 0.05) is 10.9 Å². The van der Waals surface area contributed by atoms with Gasteiger partial charge in [-0.25, -0.2) is 0 Å². The van der Waals surface area contributed by atoms with Gasteiger partial charge in [-0.05, 0) is 43.5 Å². The Kier molecular flexibility index (Phi) is 1.83. The summed E-state index contributed by atoms with van der Waals surface area (Å²) in [7, 11) is 1.66. The molecule has 2 N–H and O–H groups in total. The largest absolute Gasteiger partial charge is 0.493 e. The van der Waals surface area contributed by atoms with Gasteiger partial charge in [-0.15, -0.1) is 0 Å². The number of benzene rings is 1. The first-order valence-electron chi connectivity index (χ1n) is 5.50. The van der Waals surface area contributed by atoms with Gasteiger partial charge in [0.25, 0.3) is 0 Å². The second-order valence-electron chi connectivity index (χ2n) is 4.61. The van der Waals surface area contributed by atoms with E-state index in [0.29, 0.717) is 0 Å². The van der Waals surface area contributed by atoms with Crippen LogP contribution in [-0.4, -0.2) is 7.11 Å². The number of hydrogen-bond acceptors (Lipinski definition) is 3. The van der Waals surface area contributed by atoms with Crippen molar-refractivity contribution in [3.63, 3.8) is 0 Å². The van der Waals surface area contributed by atoms with E-state index in [2.05, 4.69) is 6.07 Å². The van der Waals surface area contributed by atoms with Gasteiger partial charge in [0.2, 0.25) is 0 Å². The standard InChI is InChI=1S/C13H15NO2/c1-8-5-9-6-10(13(14)3-4-13)7-11(15-2)12(9)16-8/h5-7H,3-4,14H2,1-2H3. The van der Waals surface area contributed by atoms with Crippen molar-refractivity contribution in [1.82, 2.24) is 0 Å². The first kappa shape index (κ1) is 9.73. The highest BCUT2D eigenvalue weighted by molar-refractivity contribution is 5.85. The average molecular weight is 217 g/mol. The lowest BCUT2D eigenvalue weighted by atomic mass is 10.0. The summed E-state index contributed by atoms with van der Waals surface area (Å²) >= 11 is 0. The van der Waals surface area contributed by atoms with Crippen LogP contribution in [0.15, 0.2) is 22.6 Å². The van der Waals surface area contributed by atoms with Crippen LogP contribution in [0.2, 0.25) is 0 Å². The van der Waals surface area contributed by atoms with Gasteiger partial charge < -0.3 is 14.9 Å². The lowest BCUT2D eigenvalue weighted by Gasteiger charge is -2.11. The highest BCUT2D eigenvalue weighted by Crippen LogP contribution is 2.45. The number of furan rings is 1. The second kappa shape index (κ2) is 3.01. The van der Waals surface area contributed by atoms with Crippen molar-refractivity contribution < 1.29 is 9.15 Å². The van der Waals surface area contributed by atoms with Crippen molar-refractivity contribution in [1.29, 1.82) is 0 Å². The summed E-state index contributed by atoms with van der Waals surface area (Å²) in [6.45, 7) is 1.94. The summed E-state index contributed by atoms with van der Waals surface area (Å²) in [6, 6.07) is 6.13. The van der Waals surface area contributed by atoms with E-state index in [1.54, 1.807) is 7.11 Å². The molecule has 16 heavy (non-hydrogen) atoms. The molecule has 2 aromatic rings. The van der Waals surface area contributed by atoms with Gasteiger partial charge in [0.1, 0.15) is 5.76 Å². The SMILES string of the molecule is COc1cc(C2(N)CC2)cc2cc(C)oc12. The van der Waals surface area contributed by atoms with Crippen molar-refractivity contribution in [2.24, 2.45) is 5.73 Å². The number of hydrogen-bond donors (Lipinski definition) is 1. The normalized spacial score (nSPS) is 17.7. The van der Waals surface area contributed by atoms with Gasteiger partial charge in [-0.2, -0.15) is 0 Å². The molecule has 84 valence electrons. The van der Waals surface area contributed by atoms with Crippen molar-refractivity contribution >= 4 is 11.0 Å². The second-order valence-corrected chi connectivity index (χ2v) is 4.61. The Morgan fingerprint density at radius 2 is 2.06 bits per heavy atom. The minimum Gasteiger partial charge on any atom is -0.493 e. The molecule has 1 aliphatic rings. The Morgan fingerprint density at radius 3 is 2.69 bits per heavy atom. The first-order chi connectivity index (χ1) is 7.62. The minimum absolute atomic E-state index is 0.132. The fourth-order valence-corrected chi connectivity index (χ4v) is 2.11. The van der Waals surface area contributed by atoms with Crippen LogP contribution in [0, 0.1) is 6.92 Å². The summed E-state index contributed by atoms with van der Waals surface area (Å²) in [5.74, 6) is 1.67. The summed E-state index contributed by atoms with van der Waals surface area (Å²) < 4.78 is 11.0. The molecule has 3 rings (SSSR count). The molecule has 0 amide bonds. The zero-order valence-electron chi connectivity index (χ0n) is 9.54. The molecule has 3 nitrogen and oxygen atoms in total. The lowest BCUT2D eigenvalue weighted by Crippen LogP contribution is -2.18.